The number of methoxy groups -OCH3 is 1. The van der Waals surface area contributed by atoms with Gasteiger partial charge in [-0.2, -0.15) is 0 Å². The van der Waals surface area contributed by atoms with E-state index in [2.05, 4.69) is 26.6 Å². The second kappa shape index (κ2) is 18.0. The number of ether oxygens (including phenoxy) is 2. The molecule has 1 heterocycles. The minimum Gasteiger partial charge on any atom is -0.496 e. The molecule has 2 aliphatic rings. The monoisotopic (exact) mass is 853 g/mol. The van der Waals surface area contributed by atoms with Crippen molar-refractivity contribution in [2.75, 3.05) is 37.0 Å². The van der Waals surface area contributed by atoms with Crippen molar-refractivity contribution in [1.29, 1.82) is 0 Å². The minimum atomic E-state index is -1.24. The Morgan fingerprint density at radius 3 is 2.26 bits per heavy atom. The highest BCUT2D eigenvalue weighted by molar-refractivity contribution is 9.10. The van der Waals surface area contributed by atoms with Gasteiger partial charge in [-0.25, -0.2) is 4.79 Å². The average molecular weight is 855 g/mol. The van der Waals surface area contributed by atoms with E-state index in [0.717, 1.165) is 33.7 Å². The Kier molecular flexibility index (Phi) is 13.1. The number of carbonyl (C=O) groups excluding carboxylic acids is 5. The lowest BCUT2D eigenvalue weighted by Gasteiger charge is -2.30. The van der Waals surface area contributed by atoms with Crippen LogP contribution in [-0.4, -0.2) is 79.6 Å². The van der Waals surface area contributed by atoms with Gasteiger partial charge >= 0.3 is 6.09 Å². The molecule has 0 aromatic heterocycles. The molecule has 1 saturated carbocycles. The molecule has 1 aliphatic carbocycles. The molecule has 0 unspecified atom stereocenters. The summed E-state index contributed by atoms with van der Waals surface area (Å²) < 4.78 is 12.2. The van der Waals surface area contributed by atoms with E-state index < -0.39 is 41.5 Å². The number of anilines is 2. The van der Waals surface area contributed by atoms with Crippen molar-refractivity contribution in [2.45, 2.75) is 84.0 Å². The van der Waals surface area contributed by atoms with Crippen LogP contribution in [0.5, 0.6) is 5.75 Å². The summed E-state index contributed by atoms with van der Waals surface area (Å²) in [7, 11) is 3.02. The van der Waals surface area contributed by atoms with Crippen LogP contribution in [0, 0.1) is 5.92 Å². The van der Waals surface area contributed by atoms with Gasteiger partial charge < -0.3 is 29.9 Å². The molecule has 0 saturated heterocycles. The van der Waals surface area contributed by atoms with E-state index in [1.165, 1.54) is 36.1 Å². The molecule has 1 fully saturated rings. The maximum atomic E-state index is 14.9. The molecule has 306 valence electrons. The molecule has 58 heavy (non-hydrogen) atoms. The Bertz CT molecular complexity index is 2180. The molecule has 2 atom stereocenters. The number of benzene rings is 4. The number of amides is 5. The van der Waals surface area contributed by atoms with Gasteiger partial charge in [0.1, 0.15) is 23.4 Å². The van der Waals surface area contributed by atoms with Crippen LogP contribution in [0.4, 0.5) is 16.2 Å². The molecule has 5 amide bonds. The lowest BCUT2D eigenvalue weighted by molar-refractivity contribution is -0.130. The Labute approximate surface area is 348 Å². The summed E-state index contributed by atoms with van der Waals surface area (Å²) in [6.45, 7) is 7.19. The van der Waals surface area contributed by atoms with E-state index in [-0.39, 0.29) is 19.0 Å². The summed E-state index contributed by atoms with van der Waals surface area (Å²) in [5, 5.41) is 7.71. The molecule has 0 radical (unpaired) electrons. The Morgan fingerprint density at radius 2 is 1.59 bits per heavy atom. The van der Waals surface area contributed by atoms with Crippen LogP contribution in [0.1, 0.15) is 86.1 Å². The second-order valence-electron chi connectivity index (χ2n) is 16.1. The number of rotatable bonds is 10. The largest absolute Gasteiger partial charge is 0.496 e. The first kappa shape index (κ1) is 42.2. The van der Waals surface area contributed by atoms with Crippen LogP contribution < -0.4 is 25.2 Å². The zero-order chi connectivity index (χ0) is 41.7. The van der Waals surface area contributed by atoms with Crippen molar-refractivity contribution in [3.8, 4) is 5.75 Å². The first-order valence-electron chi connectivity index (χ1n) is 19.8. The van der Waals surface area contributed by atoms with Gasteiger partial charge in [0, 0.05) is 34.8 Å². The molecular weight excluding hydrogens is 802 g/mol. The SMILES string of the molecule is COc1ccc2cc(Br)ccc2c1CN1C(=O)[C@@H](NC(=O)[C@H](C)N(C)C(=O)OC(C)(C)C)CN(C(=O)c2ccc(C(=O)NCC3CCCCC3)cc2)c2ccccc21. The number of hydrogen-bond acceptors (Lipinski definition) is 7. The summed E-state index contributed by atoms with van der Waals surface area (Å²) in [4.78, 5) is 73.7. The third-order valence-electron chi connectivity index (χ3n) is 10.9. The van der Waals surface area contributed by atoms with Gasteiger partial charge in [-0.3, -0.25) is 24.1 Å². The first-order chi connectivity index (χ1) is 27.6. The standard InChI is InChI=1S/C45H52BrN5O7/c1-28(49(5)44(56)58-45(2,3)4)40(52)48-36-27-51(42(54)31-18-16-30(17-19-31)41(53)47-25-29-12-8-7-9-13-29)38-15-11-10-14-37(38)50(43(36)55)26-35-34-22-21-33(46)24-32(34)20-23-39(35)57-6/h10-11,14-24,28-29,36H,7-9,12-13,25-27H2,1-6H3,(H,47,53)(H,48,52)/t28-,36-/m0/s1. The number of nitrogens with zero attached hydrogens (tertiary/aromatic N) is 3. The fraction of sp³-hybridized carbons (Fsp3) is 0.400. The predicted octanol–water partition coefficient (Wildman–Crippen LogP) is 7.85. The van der Waals surface area contributed by atoms with E-state index in [9.17, 15) is 24.0 Å². The van der Waals surface area contributed by atoms with Gasteiger partial charge in [-0.05, 0) is 112 Å². The van der Waals surface area contributed by atoms with Gasteiger partial charge in [0.25, 0.3) is 17.7 Å². The highest BCUT2D eigenvalue weighted by Crippen LogP contribution is 2.38. The van der Waals surface area contributed by atoms with Crippen LogP contribution in [0.25, 0.3) is 10.8 Å². The molecular formula is C45H52BrN5O7. The topological polar surface area (TPSA) is 138 Å². The fourth-order valence-electron chi connectivity index (χ4n) is 7.52. The van der Waals surface area contributed by atoms with E-state index in [1.54, 1.807) is 88.2 Å². The Hall–Kier alpha value is -5.43. The summed E-state index contributed by atoms with van der Waals surface area (Å²) in [6, 6.07) is 21.0. The van der Waals surface area contributed by atoms with E-state index in [0.29, 0.717) is 40.7 Å². The molecule has 4 aromatic carbocycles. The van der Waals surface area contributed by atoms with Crippen LogP contribution in [-0.2, 0) is 20.9 Å². The predicted molar refractivity (Wildman–Crippen MR) is 228 cm³/mol. The number of para-hydroxylation sites is 2. The number of hydrogen-bond donors (Lipinski definition) is 2. The number of halogens is 1. The molecule has 13 heteroatoms. The van der Waals surface area contributed by atoms with Crippen LogP contribution in [0.2, 0.25) is 0 Å². The van der Waals surface area contributed by atoms with Gasteiger partial charge in [0.2, 0.25) is 5.91 Å². The number of nitrogens with one attached hydrogen (secondary N) is 2. The Morgan fingerprint density at radius 1 is 0.914 bits per heavy atom. The van der Waals surface area contributed by atoms with E-state index >= 15 is 0 Å². The van der Waals surface area contributed by atoms with Crippen molar-refractivity contribution in [3.63, 3.8) is 0 Å². The van der Waals surface area contributed by atoms with Gasteiger partial charge in [0.15, 0.2) is 0 Å². The normalized spacial score (nSPS) is 16.5. The number of carbonyl (C=O) groups is 5. The lowest BCUT2D eigenvalue weighted by atomic mass is 9.89. The maximum absolute atomic E-state index is 14.9. The summed E-state index contributed by atoms with van der Waals surface area (Å²) in [6.07, 6.45) is 5.13. The molecule has 0 bridgehead atoms. The average Bonchev–Trinajstić information content (AvgIpc) is 3.32. The van der Waals surface area contributed by atoms with Crippen LogP contribution in [0.3, 0.4) is 0 Å². The maximum Gasteiger partial charge on any atom is 0.410 e. The lowest BCUT2D eigenvalue weighted by Crippen LogP contribution is -2.57. The van der Waals surface area contributed by atoms with Gasteiger partial charge in [0.05, 0.1) is 31.6 Å². The zero-order valence-electron chi connectivity index (χ0n) is 34.0. The smallest absolute Gasteiger partial charge is 0.410 e. The second-order valence-corrected chi connectivity index (χ2v) is 17.0. The summed E-state index contributed by atoms with van der Waals surface area (Å²) in [5.41, 5.74) is 1.58. The molecule has 1 aliphatic heterocycles. The van der Waals surface area contributed by atoms with Gasteiger partial charge in [-0.15, -0.1) is 0 Å². The van der Waals surface area contributed by atoms with E-state index in [4.69, 9.17) is 9.47 Å². The molecule has 0 spiro atoms. The van der Waals surface area contributed by atoms with Crippen molar-refractivity contribution in [2.24, 2.45) is 5.92 Å². The van der Waals surface area contributed by atoms with Crippen molar-refractivity contribution >= 4 is 67.8 Å². The van der Waals surface area contributed by atoms with Gasteiger partial charge in [-0.1, -0.05) is 59.5 Å². The molecule has 6 rings (SSSR count). The summed E-state index contributed by atoms with van der Waals surface area (Å²) in [5.74, 6) is -0.668. The molecule has 4 aromatic rings. The van der Waals surface area contributed by atoms with Crippen LogP contribution >= 0.6 is 15.9 Å². The third-order valence-corrected chi connectivity index (χ3v) is 11.3. The number of likely N-dealkylation sites (N-methyl/N-ethyl adjacent to an activating group) is 1. The zero-order valence-corrected chi connectivity index (χ0v) is 35.6. The molecule has 12 nitrogen and oxygen atoms in total. The Balaban J connectivity index is 1.35. The first-order valence-corrected chi connectivity index (χ1v) is 20.6. The van der Waals surface area contributed by atoms with Crippen molar-refractivity contribution in [1.82, 2.24) is 15.5 Å². The van der Waals surface area contributed by atoms with Crippen LogP contribution in [0.15, 0.2) is 83.3 Å². The fourth-order valence-corrected chi connectivity index (χ4v) is 7.90. The van der Waals surface area contributed by atoms with Crippen molar-refractivity contribution < 1.29 is 33.4 Å². The summed E-state index contributed by atoms with van der Waals surface area (Å²) >= 11 is 3.55. The highest BCUT2D eigenvalue weighted by atomic mass is 79.9. The van der Waals surface area contributed by atoms with Crippen molar-refractivity contribution in [3.05, 3.63) is 100 Å². The quantitative estimate of drug-likeness (QED) is 0.166. The van der Waals surface area contributed by atoms with E-state index in [1.807, 2.05) is 30.3 Å². The number of fused-ring (bicyclic) bond motifs is 2. The third kappa shape index (κ3) is 9.63. The highest BCUT2D eigenvalue weighted by Gasteiger charge is 2.39. The molecule has 2 N–H and O–H groups in total. The minimum absolute atomic E-state index is 0.0461.